The van der Waals surface area contributed by atoms with Gasteiger partial charge in [-0.15, -0.1) is 0 Å². The van der Waals surface area contributed by atoms with Crippen LogP contribution in [0.5, 0.6) is 0 Å². The second kappa shape index (κ2) is 9.96. The van der Waals surface area contributed by atoms with Crippen LogP contribution < -0.4 is 10.6 Å². The molecule has 2 N–H and O–H groups in total. The molecule has 0 saturated carbocycles. The highest BCUT2D eigenvalue weighted by Gasteiger charge is 2.36. The average molecular weight is 542 g/mol. The highest BCUT2D eigenvalue weighted by Crippen LogP contribution is 2.38. The first-order valence-corrected chi connectivity index (χ1v) is 13.9. The van der Waals surface area contributed by atoms with Crippen LogP contribution in [0.4, 0.5) is 4.39 Å². The summed E-state index contributed by atoms with van der Waals surface area (Å²) in [5, 5.41) is 6.54. The minimum Gasteiger partial charge on any atom is -0.345 e. The van der Waals surface area contributed by atoms with Crippen LogP contribution in [0.3, 0.4) is 0 Å². The second-order valence-electron chi connectivity index (χ2n) is 11.2. The molecular weight excluding hydrogens is 509 g/mol. The number of piperidine rings is 1. The monoisotopic (exact) mass is 541 g/mol. The summed E-state index contributed by atoms with van der Waals surface area (Å²) in [5.74, 6) is -0.605. The molecule has 0 radical (unpaired) electrons. The van der Waals surface area contributed by atoms with Gasteiger partial charge in [-0.1, -0.05) is 6.07 Å². The number of nitrogens with zero attached hydrogens (tertiary/aromatic N) is 5. The van der Waals surface area contributed by atoms with Gasteiger partial charge in [0.2, 0.25) is 0 Å². The molecule has 3 aliphatic heterocycles. The number of carbonyl (C=O) groups excluding carboxylic acids is 2. The predicted octanol–water partition coefficient (Wildman–Crippen LogP) is 2.70. The van der Waals surface area contributed by atoms with Gasteiger partial charge in [-0.3, -0.25) is 29.1 Å². The number of benzene rings is 1. The summed E-state index contributed by atoms with van der Waals surface area (Å²) in [4.78, 5) is 35.5. The molecule has 0 atom stereocenters. The van der Waals surface area contributed by atoms with Crippen LogP contribution in [0, 0.1) is 11.7 Å². The van der Waals surface area contributed by atoms with Crippen LogP contribution in [0.25, 0.3) is 27.7 Å². The van der Waals surface area contributed by atoms with Gasteiger partial charge in [0, 0.05) is 49.5 Å². The molecule has 10 heteroatoms. The highest BCUT2D eigenvalue weighted by molar-refractivity contribution is 6.49. The van der Waals surface area contributed by atoms with E-state index < -0.39 is 11.8 Å². The van der Waals surface area contributed by atoms with Crippen LogP contribution >= 0.6 is 0 Å². The van der Waals surface area contributed by atoms with Gasteiger partial charge in [0.05, 0.1) is 35.2 Å². The fourth-order valence-electron chi connectivity index (χ4n) is 6.65. The lowest BCUT2D eigenvalue weighted by molar-refractivity contribution is -0.122. The fraction of sp³-hybridized carbons (Fsp3) is 0.367. The standard InChI is InChI=1S/C30H32FN7O2/c1-35(15-19-5-7-32-8-6-19)18-36-10-11-37-17-23(22-13-21(31)12-20(16-36)28(22)37)26-27(30(40)34-29(26)39)24-14-33-25-4-2-3-9-38(24)25/h2-4,9,12-14,17,19,32H,5-8,10-11,15-16,18H2,1H3,(H,34,39,40). The van der Waals surface area contributed by atoms with Gasteiger partial charge < -0.3 is 9.88 Å². The molecule has 206 valence electrons. The summed E-state index contributed by atoms with van der Waals surface area (Å²) in [6.07, 6.45) is 7.73. The van der Waals surface area contributed by atoms with E-state index in [1.807, 2.05) is 30.6 Å². The van der Waals surface area contributed by atoms with E-state index in [1.54, 1.807) is 16.7 Å². The van der Waals surface area contributed by atoms with E-state index in [0.29, 0.717) is 41.3 Å². The summed E-state index contributed by atoms with van der Waals surface area (Å²) in [5.41, 5.74) is 4.08. The number of nitrogens with one attached hydrogen (secondary N) is 2. The van der Waals surface area contributed by atoms with Gasteiger partial charge >= 0.3 is 0 Å². The second-order valence-corrected chi connectivity index (χ2v) is 11.2. The number of carbonyl (C=O) groups is 2. The molecule has 7 rings (SSSR count). The number of imidazole rings is 1. The third-order valence-electron chi connectivity index (χ3n) is 8.41. The Bertz CT molecular complexity index is 1680. The smallest absolute Gasteiger partial charge is 0.261 e. The van der Waals surface area contributed by atoms with Gasteiger partial charge in [0.25, 0.3) is 11.8 Å². The van der Waals surface area contributed by atoms with E-state index >= 15 is 4.39 Å². The van der Waals surface area contributed by atoms with E-state index in [1.165, 1.54) is 18.9 Å². The Hall–Kier alpha value is -3.86. The zero-order valence-electron chi connectivity index (χ0n) is 22.5. The van der Waals surface area contributed by atoms with E-state index in [2.05, 4.69) is 37.0 Å². The Morgan fingerprint density at radius 2 is 1.93 bits per heavy atom. The summed E-state index contributed by atoms with van der Waals surface area (Å²) < 4.78 is 19.0. The van der Waals surface area contributed by atoms with Crippen molar-refractivity contribution in [2.45, 2.75) is 25.9 Å². The molecule has 0 spiro atoms. The first-order valence-electron chi connectivity index (χ1n) is 13.9. The molecule has 40 heavy (non-hydrogen) atoms. The third kappa shape index (κ3) is 4.32. The van der Waals surface area contributed by atoms with Gasteiger partial charge in [-0.25, -0.2) is 9.37 Å². The number of fused-ring (bicyclic) bond motifs is 1. The maximum absolute atomic E-state index is 15.1. The van der Waals surface area contributed by atoms with E-state index in [4.69, 9.17) is 0 Å². The minimum atomic E-state index is -0.478. The van der Waals surface area contributed by atoms with Crippen molar-refractivity contribution in [2.24, 2.45) is 5.92 Å². The number of aromatic nitrogens is 3. The molecule has 9 nitrogen and oxygen atoms in total. The first kappa shape index (κ1) is 25.1. The Kier molecular flexibility index (Phi) is 6.25. The van der Waals surface area contributed by atoms with Crippen molar-refractivity contribution in [1.29, 1.82) is 0 Å². The number of rotatable bonds is 6. The van der Waals surface area contributed by atoms with E-state index in [-0.39, 0.29) is 17.0 Å². The lowest BCUT2D eigenvalue weighted by atomic mass is 9.98. The molecular formula is C30H32FN7O2. The number of imide groups is 1. The molecule has 6 heterocycles. The molecule has 4 aromatic rings. The Morgan fingerprint density at radius 1 is 1.10 bits per heavy atom. The SMILES string of the molecule is CN(CC1CCNCC1)CN1CCn2cc(C3=C(c4cnc5ccccn45)C(=O)NC3=O)c3cc(F)cc(c32)C1. The maximum atomic E-state index is 15.1. The summed E-state index contributed by atoms with van der Waals surface area (Å²) in [6.45, 7) is 6.13. The lowest BCUT2D eigenvalue weighted by Gasteiger charge is -2.31. The normalized spacial score (nSPS) is 18.9. The van der Waals surface area contributed by atoms with Crippen molar-refractivity contribution in [3.8, 4) is 0 Å². The van der Waals surface area contributed by atoms with Crippen LogP contribution in [0.15, 0.2) is 48.9 Å². The first-order chi connectivity index (χ1) is 19.5. The Labute approximate surface area is 231 Å². The minimum absolute atomic E-state index is 0.256. The summed E-state index contributed by atoms with van der Waals surface area (Å²) in [7, 11) is 2.16. The van der Waals surface area contributed by atoms with Crippen LogP contribution in [0.2, 0.25) is 0 Å². The van der Waals surface area contributed by atoms with Gasteiger partial charge in [0.15, 0.2) is 0 Å². The van der Waals surface area contributed by atoms with Crippen LogP contribution in [0.1, 0.15) is 29.7 Å². The van der Waals surface area contributed by atoms with Crippen LogP contribution in [-0.4, -0.2) is 75.5 Å². The number of pyridine rings is 1. The number of hydrogen-bond donors (Lipinski definition) is 2. The van der Waals surface area contributed by atoms with Crippen molar-refractivity contribution in [3.63, 3.8) is 0 Å². The lowest BCUT2D eigenvalue weighted by Crippen LogP contribution is -2.40. The summed E-state index contributed by atoms with van der Waals surface area (Å²) in [6, 6.07) is 8.65. The molecule has 0 unspecified atom stereocenters. The molecule has 3 aromatic heterocycles. The fourth-order valence-corrected chi connectivity index (χ4v) is 6.65. The van der Waals surface area contributed by atoms with Gasteiger partial charge in [-0.05, 0) is 68.7 Å². The predicted molar refractivity (Wildman–Crippen MR) is 151 cm³/mol. The molecule has 2 amide bonds. The topological polar surface area (TPSA) is 86.9 Å². The molecule has 0 aliphatic carbocycles. The Balaban J connectivity index is 1.26. The molecule has 1 fully saturated rings. The van der Waals surface area contributed by atoms with Crippen LogP contribution in [-0.2, 0) is 22.7 Å². The molecule has 3 aliphatic rings. The number of amides is 2. The number of hydrogen-bond acceptors (Lipinski definition) is 6. The highest BCUT2D eigenvalue weighted by atomic mass is 19.1. The molecule has 1 aromatic carbocycles. The van der Waals surface area contributed by atoms with Gasteiger partial charge in [0.1, 0.15) is 11.5 Å². The van der Waals surface area contributed by atoms with E-state index in [0.717, 1.165) is 43.9 Å². The van der Waals surface area contributed by atoms with Gasteiger partial charge in [-0.2, -0.15) is 0 Å². The zero-order valence-corrected chi connectivity index (χ0v) is 22.5. The maximum Gasteiger partial charge on any atom is 0.261 e. The average Bonchev–Trinajstić information content (AvgIpc) is 3.56. The van der Waals surface area contributed by atoms with Crippen molar-refractivity contribution in [1.82, 2.24) is 34.4 Å². The van der Waals surface area contributed by atoms with Crippen molar-refractivity contribution < 1.29 is 14.0 Å². The molecule has 0 bridgehead atoms. The zero-order chi connectivity index (χ0) is 27.4. The van der Waals surface area contributed by atoms with Crippen molar-refractivity contribution in [2.75, 3.05) is 39.9 Å². The van der Waals surface area contributed by atoms with Crippen molar-refractivity contribution in [3.05, 3.63) is 71.6 Å². The van der Waals surface area contributed by atoms with Crippen molar-refractivity contribution >= 4 is 39.5 Å². The summed E-state index contributed by atoms with van der Waals surface area (Å²) >= 11 is 0. The van der Waals surface area contributed by atoms with E-state index in [9.17, 15) is 9.59 Å². The quantitative estimate of drug-likeness (QED) is 0.365. The Morgan fingerprint density at radius 3 is 2.77 bits per heavy atom. The largest absolute Gasteiger partial charge is 0.345 e. The molecule has 1 saturated heterocycles. The number of halogens is 1. The third-order valence-corrected chi connectivity index (χ3v) is 8.41.